The first-order chi connectivity index (χ1) is 13.0. The molecule has 1 saturated heterocycles. The SMILES string of the molecule is CCN1C(=O)CC(C(=O)Nc2cccc(Br)c2)SC1=Nc1cccc(F)c1. The fourth-order valence-corrected chi connectivity index (χ4v) is 4.16. The first kappa shape index (κ1) is 19.6. The fraction of sp³-hybridized carbons (Fsp3) is 0.211. The van der Waals surface area contributed by atoms with Crippen LogP contribution in [-0.2, 0) is 9.59 Å². The molecule has 27 heavy (non-hydrogen) atoms. The van der Waals surface area contributed by atoms with Gasteiger partial charge in [0.15, 0.2) is 5.17 Å². The molecule has 1 aliphatic rings. The van der Waals surface area contributed by atoms with Gasteiger partial charge in [0.05, 0.1) is 5.69 Å². The number of hydrogen-bond acceptors (Lipinski definition) is 4. The minimum Gasteiger partial charge on any atom is -0.325 e. The van der Waals surface area contributed by atoms with Gasteiger partial charge in [-0.15, -0.1) is 0 Å². The molecule has 0 spiro atoms. The summed E-state index contributed by atoms with van der Waals surface area (Å²) in [7, 11) is 0. The average molecular weight is 450 g/mol. The number of carbonyl (C=O) groups is 2. The molecule has 0 saturated carbocycles. The number of halogens is 2. The summed E-state index contributed by atoms with van der Waals surface area (Å²) in [6.45, 7) is 2.27. The van der Waals surface area contributed by atoms with Gasteiger partial charge in [-0.05, 0) is 43.3 Å². The van der Waals surface area contributed by atoms with E-state index >= 15 is 0 Å². The maximum Gasteiger partial charge on any atom is 0.238 e. The van der Waals surface area contributed by atoms with E-state index in [1.165, 1.54) is 28.8 Å². The quantitative estimate of drug-likeness (QED) is 0.743. The minimum absolute atomic E-state index is 0.0838. The van der Waals surface area contributed by atoms with Crippen molar-refractivity contribution in [1.82, 2.24) is 4.90 Å². The van der Waals surface area contributed by atoms with Crippen molar-refractivity contribution >= 4 is 56.0 Å². The third-order valence-corrected chi connectivity index (χ3v) is 5.55. The topological polar surface area (TPSA) is 61.8 Å². The van der Waals surface area contributed by atoms with Crippen LogP contribution in [0, 0.1) is 5.82 Å². The molecular formula is C19H17BrFN3O2S. The lowest BCUT2D eigenvalue weighted by Gasteiger charge is -2.30. The monoisotopic (exact) mass is 449 g/mol. The number of carbonyl (C=O) groups excluding carboxylic acids is 2. The highest BCUT2D eigenvalue weighted by Gasteiger charge is 2.35. The van der Waals surface area contributed by atoms with Crippen molar-refractivity contribution in [2.24, 2.45) is 4.99 Å². The van der Waals surface area contributed by atoms with Crippen molar-refractivity contribution in [3.8, 4) is 0 Å². The Morgan fingerprint density at radius 3 is 2.81 bits per heavy atom. The second-order valence-electron chi connectivity index (χ2n) is 5.82. The molecule has 1 heterocycles. The van der Waals surface area contributed by atoms with Crippen molar-refractivity contribution in [2.75, 3.05) is 11.9 Å². The van der Waals surface area contributed by atoms with Crippen molar-refractivity contribution in [1.29, 1.82) is 0 Å². The number of thioether (sulfide) groups is 1. The molecule has 2 aromatic carbocycles. The van der Waals surface area contributed by atoms with Crippen molar-refractivity contribution in [3.05, 3.63) is 58.8 Å². The van der Waals surface area contributed by atoms with E-state index < -0.39 is 11.1 Å². The molecule has 0 aromatic heterocycles. The average Bonchev–Trinajstić information content (AvgIpc) is 2.61. The Bertz CT molecular complexity index is 906. The van der Waals surface area contributed by atoms with Crippen LogP contribution in [0.5, 0.6) is 0 Å². The highest BCUT2D eigenvalue weighted by molar-refractivity contribution is 9.10. The summed E-state index contributed by atoms with van der Waals surface area (Å²) in [6, 6.07) is 13.1. The van der Waals surface area contributed by atoms with E-state index in [1.807, 2.05) is 19.1 Å². The van der Waals surface area contributed by atoms with E-state index in [9.17, 15) is 14.0 Å². The van der Waals surface area contributed by atoms with Crippen molar-refractivity contribution in [3.63, 3.8) is 0 Å². The second kappa shape index (κ2) is 8.67. The Balaban J connectivity index is 1.81. The van der Waals surface area contributed by atoms with Crippen LogP contribution in [-0.4, -0.2) is 33.7 Å². The Morgan fingerprint density at radius 2 is 2.11 bits per heavy atom. The zero-order chi connectivity index (χ0) is 19.4. The number of nitrogens with zero attached hydrogens (tertiary/aromatic N) is 2. The summed E-state index contributed by atoms with van der Waals surface area (Å²) in [6.07, 6.45) is 0.0838. The Kier molecular flexibility index (Phi) is 6.28. The number of amides is 2. The molecule has 1 fully saturated rings. The molecule has 3 rings (SSSR count). The first-order valence-corrected chi connectivity index (χ1v) is 10.0. The molecule has 1 unspecified atom stereocenters. The summed E-state index contributed by atoms with van der Waals surface area (Å²) in [5.41, 5.74) is 1.04. The van der Waals surface area contributed by atoms with Gasteiger partial charge in [-0.1, -0.05) is 39.8 Å². The lowest BCUT2D eigenvalue weighted by Crippen LogP contribution is -2.45. The molecule has 1 N–H and O–H groups in total. The molecule has 1 atom stereocenters. The van der Waals surface area contributed by atoms with Gasteiger partial charge in [0.1, 0.15) is 11.1 Å². The number of benzene rings is 2. The third-order valence-electron chi connectivity index (χ3n) is 3.87. The normalized spacial score (nSPS) is 18.6. The number of rotatable bonds is 4. The van der Waals surface area contributed by atoms with Gasteiger partial charge >= 0.3 is 0 Å². The van der Waals surface area contributed by atoms with Gasteiger partial charge in [-0.25, -0.2) is 9.38 Å². The lowest BCUT2D eigenvalue weighted by atomic mass is 10.2. The number of aliphatic imine (C=N–C) groups is 1. The van der Waals surface area contributed by atoms with Crippen molar-refractivity contribution in [2.45, 2.75) is 18.6 Å². The van der Waals surface area contributed by atoms with E-state index in [1.54, 1.807) is 24.3 Å². The predicted octanol–water partition coefficient (Wildman–Crippen LogP) is 4.57. The Morgan fingerprint density at radius 1 is 1.33 bits per heavy atom. The van der Waals surface area contributed by atoms with Crippen LogP contribution >= 0.6 is 27.7 Å². The standard InChI is InChI=1S/C19H17BrFN3O2S/c1-2-24-17(25)11-16(18(26)22-14-7-3-5-12(20)9-14)27-19(24)23-15-8-4-6-13(21)10-15/h3-10,16H,2,11H2,1H3,(H,22,26). The maximum absolute atomic E-state index is 13.4. The van der Waals surface area contributed by atoms with Gasteiger partial charge < -0.3 is 5.32 Å². The smallest absolute Gasteiger partial charge is 0.238 e. The van der Waals surface area contributed by atoms with Crippen LogP contribution in [0.15, 0.2) is 58.0 Å². The molecular weight excluding hydrogens is 433 g/mol. The zero-order valence-electron chi connectivity index (χ0n) is 14.5. The van der Waals surface area contributed by atoms with E-state index in [0.29, 0.717) is 23.1 Å². The minimum atomic E-state index is -0.605. The molecule has 5 nitrogen and oxygen atoms in total. The van der Waals surface area contributed by atoms with Gasteiger partial charge in [-0.3, -0.25) is 14.5 Å². The maximum atomic E-state index is 13.4. The Hall–Kier alpha value is -2.19. The number of amidine groups is 1. The van der Waals surface area contributed by atoms with Crippen LogP contribution in [0.3, 0.4) is 0 Å². The van der Waals surface area contributed by atoms with Crippen LogP contribution < -0.4 is 5.32 Å². The van der Waals surface area contributed by atoms with E-state index in [-0.39, 0.29) is 18.2 Å². The summed E-state index contributed by atoms with van der Waals surface area (Å²) < 4.78 is 14.3. The van der Waals surface area contributed by atoms with E-state index in [0.717, 1.165) is 4.47 Å². The molecule has 2 aromatic rings. The zero-order valence-corrected chi connectivity index (χ0v) is 16.9. The molecule has 8 heteroatoms. The van der Waals surface area contributed by atoms with Gasteiger partial charge in [0, 0.05) is 23.1 Å². The highest BCUT2D eigenvalue weighted by atomic mass is 79.9. The molecule has 0 aliphatic carbocycles. The molecule has 2 amide bonds. The molecule has 140 valence electrons. The summed E-state index contributed by atoms with van der Waals surface area (Å²) >= 11 is 4.57. The number of hydrogen-bond donors (Lipinski definition) is 1. The summed E-state index contributed by atoms with van der Waals surface area (Å²) in [4.78, 5) is 31.0. The largest absolute Gasteiger partial charge is 0.325 e. The van der Waals surface area contributed by atoms with E-state index in [2.05, 4.69) is 26.2 Å². The molecule has 1 aliphatic heterocycles. The van der Waals surface area contributed by atoms with Gasteiger partial charge in [0.2, 0.25) is 11.8 Å². The van der Waals surface area contributed by atoms with E-state index in [4.69, 9.17) is 0 Å². The van der Waals surface area contributed by atoms with Gasteiger partial charge in [-0.2, -0.15) is 0 Å². The van der Waals surface area contributed by atoms with Crippen LogP contribution in [0.2, 0.25) is 0 Å². The molecule has 0 radical (unpaired) electrons. The van der Waals surface area contributed by atoms with Crippen molar-refractivity contribution < 1.29 is 14.0 Å². The predicted molar refractivity (Wildman–Crippen MR) is 110 cm³/mol. The van der Waals surface area contributed by atoms with Gasteiger partial charge in [0.25, 0.3) is 0 Å². The lowest BCUT2D eigenvalue weighted by molar-refractivity contribution is -0.129. The first-order valence-electron chi connectivity index (χ1n) is 8.34. The highest BCUT2D eigenvalue weighted by Crippen LogP contribution is 2.30. The molecule has 0 bridgehead atoms. The fourth-order valence-electron chi connectivity index (χ4n) is 2.60. The summed E-state index contributed by atoms with van der Waals surface area (Å²) in [5.74, 6) is -0.856. The van der Waals surface area contributed by atoms with Crippen LogP contribution in [0.25, 0.3) is 0 Å². The second-order valence-corrected chi connectivity index (χ2v) is 7.91. The number of nitrogens with one attached hydrogen (secondary N) is 1. The summed E-state index contributed by atoms with van der Waals surface area (Å²) in [5, 5.41) is 2.62. The van der Waals surface area contributed by atoms with Crippen LogP contribution in [0.1, 0.15) is 13.3 Å². The third kappa shape index (κ3) is 4.95. The van der Waals surface area contributed by atoms with Crippen LogP contribution in [0.4, 0.5) is 15.8 Å². The number of anilines is 1. The Labute approximate surface area is 169 Å².